The van der Waals surface area contributed by atoms with Crippen LogP contribution >= 0.6 is 0 Å². The van der Waals surface area contributed by atoms with Crippen molar-refractivity contribution in [3.63, 3.8) is 0 Å². The van der Waals surface area contributed by atoms with Gasteiger partial charge in [-0.05, 0) is 31.0 Å². The first-order valence-corrected chi connectivity index (χ1v) is 12.8. The van der Waals surface area contributed by atoms with Gasteiger partial charge in [0.2, 0.25) is 5.91 Å². The average molecular weight is 478 g/mol. The molecule has 11 heteroatoms. The number of benzene rings is 1. The normalized spacial score (nSPS) is 21.0. The molecule has 33 heavy (non-hydrogen) atoms. The van der Waals surface area contributed by atoms with E-state index in [9.17, 15) is 22.8 Å². The van der Waals surface area contributed by atoms with Gasteiger partial charge in [0.25, 0.3) is 22.0 Å². The van der Waals surface area contributed by atoms with Crippen LogP contribution in [-0.4, -0.2) is 97.4 Å². The fourth-order valence-electron chi connectivity index (χ4n) is 4.78. The lowest BCUT2D eigenvalue weighted by atomic mass is 9.96. The van der Waals surface area contributed by atoms with Crippen LogP contribution in [0.15, 0.2) is 18.2 Å². The van der Waals surface area contributed by atoms with E-state index >= 15 is 0 Å². The van der Waals surface area contributed by atoms with Gasteiger partial charge in [-0.15, -0.1) is 0 Å². The minimum Gasteiger partial charge on any atom is -0.325 e. The van der Waals surface area contributed by atoms with Crippen LogP contribution in [0.5, 0.6) is 0 Å². The van der Waals surface area contributed by atoms with Gasteiger partial charge in [-0.3, -0.25) is 24.2 Å². The van der Waals surface area contributed by atoms with Gasteiger partial charge in [-0.2, -0.15) is 17.0 Å². The smallest absolute Gasteiger partial charge is 0.282 e. The zero-order chi connectivity index (χ0) is 23.8. The van der Waals surface area contributed by atoms with E-state index in [1.165, 1.54) is 28.1 Å². The number of hydrogen-bond donors (Lipinski definition) is 1. The van der Waals surface area contributed by atoms with Crippen LogP contribution < -0.4 is 5.32 Å². The lowest BCUT2D eigenvalue weighted by Crippen LogP contribution is -2.55. The maximum atomic E-state index is 13.0. The number of fused-ring (bicyclic) bond motifs is 1. The fourth-order valence-corrected chi connectivity index (χ4v) is 6.35. The molecule has 3 amide bonds. The highest BCUT2D eigenvalue weighted by molar-refractivity contribution is 7.86. The number of nitrogens with zero attached hydrogens (tertiary/aromatic N) is 4. The summed E-state index contributed by atoms with van der Waals surface area (Å²) in [5, 5.41) is 2.77. The van der Waals surface area contributed by atoms with Crippen LogP contribution in [0.3, 0.4) is 0 Å². The second-order valence-electron chi connectivity index (χ2n) is 8.97. The van der Waals surface area contributed by atoms with E-state index in [1.807, 2.05) is 4.90 Å². The van der Waals surface area contributed by atoms with Gasteiger partial charge in [-0.25, -0.2) is 0 Å². The average Bonchev–Trinajstić information content (AvgIpc) is 3.03. The second-order valence-corrected chi connectivity index (χ2v) is 11.0. The van der Waals surface area contributed by atoms with Crippen molar-refractivity contribution in [3.8, 4) is 0 Å². The number of imide groups is 1. The number of rotatable bonds is 6. The van der Waals surface area contributed by atoms with E-state index in [4.69, 9.17) is 0 Å². The minimum absolute atomic E-state index is 0.0711. The summed E-state index contributed by atoms with van der Waals surface area (Å²) in [6.07, 6.45) is 5.13. The van der Waals surface area contributed by atoms with Crippen molar-refractivity contribution in [3.05, 3.63) is 29.3 Å². The highest BCUT2D eigenvalue weighted by Crippen LogP contribution is 2.26. The first-order chi connectivity index (χ1) is 15.7. The van der Waals surface area contributed by atoms with Crippen LogP contribution in [0.2, 0.25) is 0 Å². The van der Waals surface area contributed by atoms with E-state index in [1.54, 1.807) is 19.2 Å². The lowest BCUT2D eigenvalue weighted by Gasteiger charge is -2.38. The molecule has 2 aliphatic heterocycles. The van der Waals surface area contributed by atoms with Gasteiger partial charge < -0.3 is 5.32 Å². The van der Waals surface area contributed by atoms with Gasteiger partial charge in [0.05, 0.1) is 17.7 Å². The van der Waals surface area contributed by atoms with E-state index in [2.05, 4.69) is 5.32 Å². The summed E-state index contributed by atoms with van der Waals surface area (Å²) >= 11 is 0. The van der Waals surface area contributed by atoms with Crippen molar-refractivity contribution in [1.82, 2.24) is 18.4 Å². The molecule has 2 heterocycles. The number of carbonyl (C=O) groups excluding carboxylic acids is 3. The molecule has 2 fully saturated rings. The van der Waals surface area contributed by atoms with Crippen molar-refractivity contribution in [2.75, 3.05) is 52.1 Å². The van der Waals surface area contributed by atoms with E-state index < -0.39 is 10.2 Å². The Morgan fingerprint density at radius 1 is 1.03 bits per heavy atom. The molecule has 1 N–H and O–H groups in total. The summed E-state index contributed by atoms with van der Waals surface area (Å²) in [6.45, 7) is 1.74. The van der Waals surface area contributed by atoms with Gasteiger partial charge in [0, 0.05) is 52.0 Å². The zero-order valence-corrected chi connectivity index (χ0v) is 19.9. The molecule has 180 valence electrons. The van der Waals surface area contributed by atoms with Gasteiger partial charge in [0.1, 0.15) is 0 Å². The first kappa shape index (κ1) is 23.8. The number of nitrogens with one attached hydrogen (secondary N) is 1. The third kappa shape index (κ3) is 4.81. The molecule has 1 aromatic carbocycles. The van der Waals surface area contributed by atoms with Crippen LogP contribution in [0.1, 0.15) is 52.8 Å². The number of anilines is 1. The van der Waals surface area contributed by atoms with E-state index in [0.717, 1.165) is 30.6 Å². The number of carbonyl (C=O) groups is 3. The van der Waals surface area contributed by atoms with Gasteiger partial charge >= 0.3 is 0 Å². The van der Waals surface area contributed by atoms with Crippen LogP contribution in [0, 0.1) is 0 Å². The summed E-state index contributed by atoms with van der Waals surface area (Å²) in [4.78, 5) is 39.6. The van der Waals surface area contributed by atoms with Crippen molar-refractivity contribution >= 4 is 33.6 Å². The molecular formula is C22H31N5O5S. The van der Waals surface area contributed by atoms with E-state index in [-0.39, 0.29) is 35.9 Å². The molecule has 0 atom stereocenters. The predicted molar refractivity (Wildman–Crippen MR) is 123 cm³/mol. The Morgan fingerprint density at radius 3 is 2.33 bits per heavy atom. The van der Waals surface area contributed by atoms with Crippen molar-refractivity contribution < 1.29 is 22.8 Å². The second kappa shape index (κ2) is 9.49. The highest BCUT2D eigenvalue weighted by Gasteiger charge is 2.35. The Labute approximate surface area is 194 Å². The molecular weight excluding hydrogens is 446 g/mol. The van der Waals surface area contributed by atoms with Crippen LogP contribution in [-0.2, 0) is 15.0 Å². The molecule has 3 aliphatic rings. The monoisotopic (exact) mass is 477 g/mol. The lowest BCUT2D eigenvalue weighted by molar-refractivity contribution is -0.117. The molecule has 0 spiro atoms. The molecule has 1 aliphatic carbocycles. The first-order valence-electron chi connectivity index (χ1n) is 11.4. The predicted octanol–water partition coefficient (Wildman–Crippen LogP) is 0.978. The molecule has 1 saturated carbocycles. The molecule has 1 saturated heterocycles. The summed E-state index contributed by atoms with van der Waals surface area (Å²) in [5.74, 6) is -0.993. The maximum absolute atomic E-state index is 13.0. The molecule has 10 nitrogen and oxygen atoms in total. The summed E-state index contributed by atoms with van der Waals surface area (Å²) in [6, 6.07) is 4.73. The molecule has 4 rings (SSSR count). The molecule has 0 bridgehead atoms. The van der Waals surface area contributed by atoms with Crippen LogP contribution in [0.4, 0.5) is 5.69 Å². The molecule has 0 unspecified atom stereocenters. The number of hydrogen-bond acceptors (Lipinski definition) is 6. The highest BCUT2D eigenvalue weighted by atomic mass is 32.2. The minimum atomic E-state index is -3.51. The Hall–Kier alpha value is -2.34. The third-order valence-electron chi connectivity index (χ3n) is 6.85. The van der Waals surface area contributed by atoms with Crippen molar-refractivity contribution in [1.29, 1.82) is 0 Å². The van der Waals surface area contributed by atoms with E-state index in [0.29, 0.717) is 37.4 Å². The Kier molecular flexibility index (Phi) is 6.85. The Bertz CT molecular complexity index is 1050. The Morgan fingerprint density at radius 2 is 1.67 bits per heavy atom. The zero-order valence-electron chi connectivity index (χ0n) is 19.1. The van der Waals surface area contributed by atoms with Gasteiger partial charge in [0.15, 0.2) is 0 Å². The van der Waals surface area contributed by atoms with Crippen molar-refractivity contribution in [2.45, 2.75) is 38.1 Å². The number of amides is 3. The Balaban J connectivity index is 1.29. The third-order valence-corrected chi connectivity index (χ3v) is 8.89. The summed E-state index contributed by atoms with van der Waals surface area (Å²) < 4.78 is 29.1. The standard InChI is InChI=1S/C22H31N5O5S/c1-24-21(29)18-9-8-16(14-19(18)22(24)30)23-20(28)15-26-10-12-27(13-11-26)33(31,32)25(2)17-6-4-3-5-7-17/h8-9,14,17H,3-7,10-13,15H2,1-2H3,(H,23,28). The topological polar surface area (TPSA) is 110 Å². The molecule has 0 radical (unpaired) electrons. The largest absolute Gasteiger partial charge is 0.325 e. The summed E-state index contributed by atoms with van der Waals surface area (Å²) in [5.41, 5.74) is 1.06. The fraction of sp³-hybridized carbons (Fsp3) is 0.591. The SMILES string of the molecule is CN1C(=O)c2ccc(NC(=O)CN3CCN(S(=O)(=O)N(C)C4CCCCC4)CC3)cc2C1=O. The number of piperazine rings is 1. The molecule has 1 aromatic rings. The van der Waals surface area contributed by atoms with Gasteiger partial charge in [-0.1, -0.05) is 19.3 Å². The van der Waals surface area contributed by atoms with Crippen LogP contribution in [0.25, 0.3) is 0 Å². The molecule has 0 aromatic heterocycles. The maximum Gasteiger partial charge on any atom is 0.282 e. The van der Waals surface area contributed by atoms with Crippen molar-refractivity contribution in [2.24, 2.45) is 0 Å². The summed E-state index contributed by atoms with van der Waals surface area (Å²) in [7, 11) is -0.402. The quantitative estimate of drug-likeness (QED) is 0.612.